The van der Waals surface area contributed by atoms with Gasteiger partial charge in [-0.2, -0.15) is 0 Å². The highest BCUT2D eigenvalue weighted by Crippen LogP contribution is 2.15. The van der Waals surface area contributed by atoms with Crippen molar-refractivity contribution in [3.05, 3.63) is 42.0 Å². The Kier molecular flexibility index (Phi) is 4.34. The van der Waals surface area contributed by atoms with Gasteiger partial charge in [-0.25, -0.2) is 9.98 Å². The first kappa shape index (κ1) is 12.8. The predicted octanol–water partition coefficient (Wildman–Crippen LogP) is 1.80. The largest absolute Gasteiger partial charge is 0.369 e. The Labute approximate surface area is 101 Å². The van der Waals surface area contributed by atoms with Gasteiger partial charge in [0.2, 0.25) is 5.91 Å². The van der Waals surface area contributed by atoms with Crippen LogP contribution in [0.1, 0.15) is 18.1 Å². The first-order valence-corrected chi connectivity index (χ1v) is 5.11. The summed E-state index contributed by atoms with van der Waals surface area (Å²) in [7, 11) is 0. The Balaban J connectivity index is 2.84. The van der Waals surface area contributed by atoms with Crippen LogP contribution in [-0.4, -0.2) is 18.5 Å². The van der Waals surface area contributed by atoms with Crippen molar-refractivity contribution < 1.29 is 4.79 Å². The van der Waals surface area contributed by atoms with E-state index in [2.05, 4.69) is 23.3 Å². The second kappa shape index (κ2) is 5.75. The fourth-order valence-corrected chi connectivity index (χ4v) is 1.31. The molecule has 0 bridgehead atoms. The molecule has 0 atom stereocenters. The van der Waals surface area contributed by atoms with Gasteiger partial charge >= 0.3 is 0 Å². The standard InChI is InChI=1S/C13H15N3O/c1-9(16-10(2)15-3)12-6-4-11(5-7-12)8-13(14)17/h4-7H,1,3,8H2,2H3,(H2,14,17). The number of carbonyl (C=O) groups excluding carboxylic acids is 1. The molecular weight excluding hydrogens is 214 g/mol. The lowest BCUT2D eigenvalue weighted by atomic mass is 10.1. The van der Waals surface area contributed by atoms with Gasteiger partial charge in [-0.1, -0.05) is 30.8 Å². The number of nitrogens with two attached hydrogens (primary N) is 1. The number of rotatable bonds is 4. The van der Waals surface area contributed by atoms with E-state index in [1.54, 1.807) is 6.92 Å². The molecule has 2 N–H and O–H groups in total. The molecule has 0 radical (unpaired) electrons. The normalized spacial score (nSPS) is 11.0. The molecule has 1 aromatic rings. The van der Waals surface area contributed by atoms with Crippen LogP contribution in [0.4, 0.5) is 0 Å². The molecule has 0 saturated heterocycles. The van der Waals surface area contributed by atoms with Crippen molar-refractivity contribution in [3.8, 4) is 0 Å². The van der Waals surface area contributed by atoms with Gasteiger partial charge < -0.3 is 5.73 Å². The van der Waals surface area contributed by atoms with Gasteiger partial charge in [0.25, 0.3) is 0 Å². The molecule has 0 saturated carbocycles. The van der Waals surface area contributed by atoms with Gasteiger partial charge in [0.05, 0.1) is 12.1 Å². The van der Waals surface area contributed by atoms with E-state index in [9.17, 15) is 4.79 Å². The lowest BCUT2D eigenvalue weighted by Crippen LogP contribution is -2.13. The fourth-order valence-electron chi connectivity index (χ4n) is 1.31. The first-order chi connectivity index (χ1) is 8.02. The minimum absolute atomic E-state index is 0.239. The third kappa shape index (κ3) is 4.03. The Hall–Kier alpha value is -2.23. The third-order valence-electron chi connectivity index (χ3n) is 2.19. The van der Waals surface area contributed by atoms with E-state index in [0.717, 1.165) is 11.1 Å². The molecule has 4 heteroatoms. The molecule has 0 aliphatic carbocycles. The van der Waals surface area contributed by atoms with Crippen LogP contribution in [0.25, 0.3) is 5.70 Å². The molecule has 0 aromatic heterocycles. The Morgan fingerprint density at radius 3 is 2.41 bits per heavy atom. The number of hydrogen-bond acceptors (Lipinski definition) is 2. The molecule has 4 nitrogen and oxygen atoms in total. The van der Waals surface area contributed by atoms with Crippen molar-refractivity contribution in [3.63, 3.8) is 0 Å². The average Bonchev–Trinajstić information content (AvgIpc) is 2.28. The van der Waals surface area contributed by atoms with Crippen LogP contribution in [0, 0.1) is 0 Å². The fraction of sp³-hybridized carbons (Fsp3) is 0.154. The summed E-state index contributed by atoms with van der Waals surface area (Å²) in [5.41, 5.74) is 7.47. The van der Waals surface area contributed by atoms with E-state index in [0.29, 0.717) is 11.5 Å². The van der Waals surface area contributed by atoms with Gasteiger partial charge in [0.1, 0.15) is 5.84 Å². The maximum atomic E-state index is 10.7. The van der Waals surface area contributed by atoms with Crippen LogP contribution in [0.3, 0.4) is 0 Å². The Morgan fingerprint density at radius 2 is 1.94 bits per heavy atom. The van der Waals surface area contributed by atoms with E-state index in [-0.39, 0.29) is 12.3 Å². The summed E-state index contributed by atoms with van der Waals surface area (Å²) >= 11 is 0. The molecule has 0 aliphatic rings. The summed E-state index contributed by atoms with van der Waals surface area (Å²) < 4.78 is 0. The molecule has 0 fully saturated rings. The van der Waals surface area contributed by atoms with E-state index in [1.807, 2.05) is 24.3 Å². The highest BCUT2D eigenvalue weighted by atomic mass is 16.1. The van der Waals surface area contributed by atoms with Crippen molar-refractivity contribution >= 4 is 24.2 Å². The number of primary amides is 1. The van der Waals surface area contributed by atoms with Gasteiger partial charge in [-0.05, 0) is 24.8 Å². The minimum atomic E-state index is -0.346. The van der Waals surface area contributed by atoms with E-state index in [4.69, 9.17) is 5.73 Å². The zero-order chi connectivity index (χ0) is 12.8. The van der Waals surface area contributed by atoms with Crippen molar-refractivity contribution in [1.82, 2.24) is 0 Å². The number of amidine groups is 1. The summed E-state index contributed by atoms with van der Waals surface area (Å²) in [5, 5.41) is 0. The molecule has 1 amide bonds. The minimum Gasteiger partial charge on any atom is -0.369 e. The number of hydrogen-bond donors (Lipinski definition) is 1. The number of benzene rings is 1. The maximum Gasteiger partial charge on any atom is 0.221 e. The first-order valence-electron chi connectivity index (χ1n) is 5.11. The quantitative estimate of drug-likeness (QED) is 0.620. The smallest absolute Gasteiger partial charge is 0.221 e. The molecule has 0 unspecified atom stereocenters. The zero-order valence-corrected chi connectivity index (χ0v) is 9.81. The van der Waals surface area contributed by atoms with Crippen LogP contribution in [0.15, 0.2) is 40.8 Å². The molecule has 0 heterocycles. The number of nitrogens with zero attached hydrogens (tertiary/aromatic N) is 2. The van der Waals surface area contributed by atoms with Crippen molar-refractivity contribution in [1.29, 1.82) is 0 Å². The average molecular weight is 229 g/mol. The molecule has 1 aromatic carbocycles. The van der Waals surface area contributed by atoms with Gasteiger partial charge in [-0.15, -0.1) is 0 Å². The molecule has 0 spiro atoms. The van der Waals surface area contributed by atoms with Gasteiger partial charge in [-0.3, -0.25) is 4.79 Å². The van der Waals surface area contributed by atoms with Crippen LogP contribution in [0.5, 0.6) is 0 Å². The van der Waals surface area contributed by atoms with Gasteiger partial charge in [0.15, 0.2) is 0 Å². The summed E-state index contributed by atoms with van der Waals surface area (Å²) in [4.78, 5) is 18.6. The highest BCUT2D eigenvalue weighted by molar-refractivity contribution is 5.88. The molecular formula is C13H15N3O. The van der Waals surface area contributed by atoms with Crippen LogP contribution in [-0.2, 0) is 11.2 Å². The van der Waals surface area contributed by atoms with E-state index >= 15 is 0 Å². The second-order valence-electron chi connectivity index (χ2n) is 3.60. The monoisotopic (exact) mass is 229 g/mol. The van der Waals surface area contributed by atoms with Gasteiger partial charge in [0, 0.05) is 0 Å². The second-order valence-corrected chi connectivity index (χ2v) is 3.60. The summed E-state index contributed by atoms with van der Waals surface area (Å²) in [5.74, 6) is 0.220. The SMILES string of the molecule is C=NC(C)=NC(=C)c1ccc(CC(N)=O)cc1. The van der Waals surface area contributed by atoms with Crippen molar-refractivity contribution in [2.24, 2.45) is 15.7 Å². The lowest BCUT2D eigenvalue weighted by Gasteiger charge is -2.02. The number of aliphatic imine (C=N–C) groups is 2. The molecule has 17 heavy (non-hydrogen) atoms. The molecule has 88 valence electrons. The Morgan fingerprint density at radius 1 is 1.35 bits per heavy atom. The summed E-state index contributed by atoms with van der Waals surface area (Å²) in [6, 6.07) is 7.36. The van der Waals surface area contributed by atoms with Crippen molar-refractivity contribution in [2.45, 2.75) is 13.3 Å². The van der Waals surface area contributed by atoms with Crippen LogP contribution >= 0.6 is 0 Å². The molecule has 1 rings (SSSR count). The number of amides is 1. The maximum absolute atomic E-state index is 10.7. The predicted molar refractivity (Wildman–Crippen MR) is 71.0 cm³/mol. The number of carbonyl (C=O) groups is 1. The van der Waals surface area contributed by atoms with Crippen LogP contribution < -0.4 is 5.73 Å². The topological polar surface area (TPSA) is 67.8 Å². The molecule has 0 aliphatic heterocycles. The zero-order valence-electron chi connectivity index (χ0n) is 9.81. The van der Waals surface area contributed by atoms with E-state index in [1.165, 1.54) is 0 Å². The third-order valence-corrected chi connectivity index (χ3v) is 2.19. The van der Waals surface area contributed by atoms with E-state index < -0.39 is 0 Å². The Bertz CT molecular complexity index is 472. The van der Waals surface area contributed by atoms with Crippen molar-refractivity contribution in [2.75, 3.05) is 0 Å². The van der Waals surface area contributed by atoms with Crippen LogP contribution in [0.2, 0.25) is 0 Å². The summed E-state index contributed by atoms with van der Waals surface area (Å²) in [6.07, 6.45) is 0.239. The lowest BCUT2D eigenvalue weighted by molar-refractivity contribution is -0.117. The summed E-state index contributed by atoms with van der Waals surface area (Å²) in [6.45, 7) is 8.97. The highest BCUT2D eigenvalue weighted by Gasteiger charge is 2.01.